The molecule has 0 aliphatic rings. The van der Waals surface area contributed by atoms with Crippen molar-refractivity contribution in [3.63, 3.8) is 0 Å². The standard InChI is InChI=1S/C16H17N3O3S2/c1-3-13(11-4-6-12(7-5-11)24(2,21)22)17-15(20)14-10-19-8-9-23-16(19)18-14/h4-10,13H,3H2,1-2H3,(H,17,20)/t13-/m1/s1. The highest BCUT2D eigenvalue weighted by Gasteiger charge is 2.17. The fourth-order valence-electron chi connectivity index (χ4n) is 2.44. The molecule has 2 aromatic heterocycles. The Morgan fingerprint density at radius 1 is 1.33 bits per heavy atom. The molecular formula is C16H17N3O3S2. The number of nitrogens with one attached hydrogen (secondary N) is 1. The minimum absolute atomic E-state index is 0.203. The molecule has 1 aromatic carbocycles. The lowest BCUT2D eigenvalue weighted by molar-refractivity contribution is 0.0931. The van der Waals surface area contributed by atoms with Gasteiger partial charge in [0.25, 0.3) is 5.91 Å². The first kappa shape index (κ1) is 16.7. The minimum Gasteiger partial charge on any atom is -0.344 e. The van der Waals surface area contributed by atoms with Crippen LogP contribution in [0.15, 0.2) is 46.9 Å². The van der Waals surface area contributed by atoms with Gasteiger partial charge in [0.2, 0.25) is 0 Å². The van der Waals surface area contributed by atoms with Crippen LogP contribution in [-0.4, -0.2) is 30.0 Å². The average Bonchev–Trinajstić information content (AvgIpc) is 3.13. The second-order valence-corrected chi connectivity index (χ2v) is 8.38. The van der Waals surface area contributed by atoms with Crippen LogP contribution in [0.4, 0.5) is 0 Å². The summed E-state index contributed by atoms with van der Waals surface area (Å²) in [6.07, 6.45) is 5.41. The van der Waals surface area contributed by atoms with Crippen LogP contribution in [0, 0.1) is 0 Å². The topological polar surface area (TPSA) is 80.5 Å². The molecule has 0 aliphatic heterocycles. The van der Waals surface area contributed by atoms with E-state index in [0.717, 1.165) is 10.5 Å². The van der Waals surface area contributed by atoms with Gasteiger partial charge < -0.3 is 5.32 Å². The van der Waals surface area contributed by atoms with E-state index in [0.29, 0.717) is 12.1 Å². The van der Waals surface area contributed by atoms with E-state index in [1.807, 2.05) is 18.5 Å². The highest BCUT2D eigenvalue weighted by molar-refractivity contribution is 7.90. The Kier molecular flexibility index (Phi) is 4.42. The van der Waals surface area contributed by atoms with E-state index in [1.54, 1.807) is 34.9 Å². The number of hydrogen-bond donors (Lipinski definition) is 1. The summed E-state index contributed by atoms with van der Waals surface area (Å²) in [4.78, 5) is 17.7. The first-order chi connectivity index (χ1) is 11.4. The van der Waals surface area contributed by atoms with Gasteiger partial charge in [-0.25, -0.2) is 13.4 Å². The summed E-state index contributed by atoms with van der Waals surface area (Å²) in [5.74, 6) is -0.245. The maximum atomic E-state index is 12.4. The molecule has 1 atom stereocenters. The number of thiazole rings is 1. The molecule has 3 aromatic rings. The molecule has 8 heteroatoms. The third-order valence-corrected chi connectivity index (χ3v) is 5.65. The van der Waals surface area contributed by atoms with Crippen LogP contribution in [0.5, 0.6) is 0 Å². The largest absolute Gasteiger partial charge is 0.344 e. The quantitative estimate of drug-likeness (QED) is 0.756. The molecule has 126 valence electrons. The van der Waals surface area contributed by atoms with Crippen molar-refractivity contribution in [1.82, 2.24) is 14.7 Å². The number of sulfone groups is 1. The van der Waals surface area contributed by atoms with Gasteiger partial charge in [-0.3, -0.25) is 9.20 Å². The Labute approximate surface area is 144 Å². The molecule has 0 bridgehead atoms. The zero-order valence-electron chi connectivity index (χ0n) is 13.3. The van der Waals surface area contributed by atoms with Crippen molar-refractivity contribution in [3.8, 4) is 0 Å². The number of fused-ring (bicyclic) bond motifs is 1. The van der Waals surface area contributed by atoms with Crippen LogP contribution >= 0.6 is 11.3 Å². The van der Waals surface area contributed by atoms with Gasteiger partial charge in [0, 0.05) is 24.0 Å². The first-order valence-electron chi connectivity index (χ1n) is 7.41. The van der Waals surface area contributed by atoms with Gasteiger partial charge in [0.05, 0.1) is 10.9 Å². The van der Waals surface area contributed by atoms with Crippen molar-refractivity contribution in [2.24, 2.45) is 0 Å². The number of nitrogens with zero attached hydrogens (tertiary/aromatic N) is 2. The zero-order chi connectivity index (χ0) is 17.3. The molecule has 0 radical (unpaired) electrons. The molecule has 6 nitrogen and oxygen atoms in total. The summed E-state index contributed by atoms with van der Waals surface area (Å²) in [6.45, 7) is 1.96. The van der Waals surface area contributed by atoms with Crippen molar-refractivity contribution in [2.45, 2.75) is 24.3 Å². The number of benzene rings is 1. The number of aromatic nitrogens is 2. The minimum atomic E-state index is -3.23. The molecule has 1 N–H and O–H groups in total. The summed E-state index contributed by atoms with van der Waals surface area (Å²) >= 11 is 1.47. The monoisotopic (exact) mass is 363 g/mol. The van der Waals surface area contributed by atoms with Crippen molar-refractivity contribution < 1.29 is 13.2 Å². The average molecular weight is 363 g/mol. The van der Waals surface area contributed by atoms with E-state index in [-0.39, 0.29) is 16.8 Å². The van der Waals surface area contributed by atoms with Gasteiger partial charge >= 0.3 is 0 Å². The molecule has 2 heterocycles. The summed E-state index contributed by atoms with van der Waals surface area (Å²) in [6, 6.07) is 6.39. The van der Waals surface area contributed by atoms with E-state index in [4.69, 9.17) is 0 Å². The smallest absolute Gasteiger partial charge is 0.272 e. The van der Waals surface area contributed by atoms with Crippen LogP contribution in [0.1, 0.15) is 35.4 Å². The van der Waals surface area contributed by atoms with E-state index >= 15 is 0 Å². The van der Waals surface area contributed by atoms with Crippen molar-refractivity contribution >= 4 is 32.0 Å². The summed E-state index contributed by atoms with van der Waals surface area (Å²) in [5, 5.41) is 4.85. The number of carbonyl (C=O) groups excluding carboxylic acids is 1. The van der Waals surface area contributed by atoms with Gasteiger partial charge in [0.1, 0.15) is 5.69 Å². The van der Waals surface area contributed by atoms with Gasteiger partial charge in [-0.05, 0) is 24.1 Å². The predicted octanol–water partition coefficient (Wildman–Crippen LogP) is 2.68. The first-order valence-corrected chi connectivity index (χ1v) is 10.2. The maximum absolute atomic E-state index is 12.4. The van der Waals surface area contributed by atoms with E-state index in [9.17, 15) is 13.2 Å². The molecule has 0 aliphatic carbocycles. The Morgan fingerprint density at radius 3 is 2.62 bits per heavy atom. The Hall–Kier alpha value is -2.19. The fourth-order valence-corrected chi connectivity index (χ4v) is 3.77. The van der Waals surface area contributed by atoms with Crippen LogP contribution < -0.4 is 5.32 Å². The van der Waals surface area contributed by atoms with Crippen LogP contribution in [0.2, 0.25) is 0 Å². The zero-order valence-corrected chi connectivity index (χ0v) is 14.9. The number of carbonyl (C=O) groups is 1. The van der Waals surface area contributed by atoms with Crippen LogP contribution in [-0.2, 0) is 9.84 Å². The molecule has 0 saturated carbocycles. The second-order valence-electron chi connectivity index (χ2n) is 5.49. The molecule has 0 spiro atoms. The fraction of sp³-hybridized carbons (Fsp3) is 0.250. The summed E-state index contributed by atoms with van der Waals surface area (Å²) in [5.41, 5.74) is 1.23. The predicted molar refractivity (Wildman–Crippen MR) is 93.1 cm³/mol. The Balaban J connectivity index is 1.78. The highest BCUT2D eigenvalue weighted by atomic mass is 32.2. The normalized spacial score (nSPS) is 13.1. The van der Waals surface area contributed by atoms with E-state index in [2.05, 4.69) is 10.3 Å². The Morgan fingerprint density at radius 2 is 2.04 bits per heavy atom. The maximum Gasteiger partial charge on any atom is 0.272 e. The summed E-state index contributed by atoms with van der Waals surface area (Å²) < 4.78 is 24.9. The number of rotatable bonds is 5. The summed E-state index contributed by atoms with van der Waals surface area (Å²) in [7, 11) is -3.23. The lowest BCUT2D eigenvalue weighted by Crippen LogP contribution is -2.28. The van der Waals surface area contributed by atoms with Gasteiger partial charge in [-0.1, -0.05) is 19.1 Å². The molecular weight excluding hydrogens is 346 g/mol. The third kappa shape index (κ3) is 3.34. The Bertz CT molecular complexity index is 943. The lowest BCUT2D eigenvalue weighted by Gasteiger charge is -2.17. The molecule has 1 amide bonds. The van der Waals surface area contributed by atoms with Crippen LogP contribution in [0.25, 0.3) is 4.96 Å². The third-order valence-electron chi connectivity index (χ3n) is 3.75. The molecule has 24 heavy (non-hydrogen) atoms. The van der Waals surface area contributed by atoms with E-state index < -0.39 is 9.84 Å². The number of hydrogen-bond acceptors (Lipinski definition) is 5. The molecule has 0 saturated heterocycles. The van der Waals surface area contributed by atoms with Crippen molar-refractivity contribution in [2.75, 3.05) is 6.26 Å². The number of imidazole rings is 1. The highest BCUT2D eigenvalue weighted by Crippen LogP contribution is 2.20. The SMILES string of the molecule is CC[C@@H](NC(=O)c1cn2ccsc2n1)c1ccc(S(C)(=O)=O)cc1. The molecule has 0 unspecified atom stereocenters. The second kappa shape index (κ2) is 6.37. The molecule has 0 fully saturated rings. The molecule has 3 rings (SSSR count). The van der Waals surface area contributed by atoms with Gasteiger partial charge in [0.15, 0.2) is 14.8 Å². The number of amides is 1. The van der Waals surface area contributed by atoms with Crippen LogP contribution in [0.3, 0.4) is 0 Å². The van der Waals surface area contributed by atoms with Gasteiger partial charge in [-0.15, -0.1) is 11.3 Å². The van der Waals surface area contributed by atoms with Gasteiger partial charge in [-0.2, -0.15) is 0 Å². The lowest BCUT2D eigenvalue weighted by atomic mass is 10.0. The van der Waals surface area contributed by atoms with Crippen molar-refractivity contribution in [3.05, 3.63) is 53.3 Å². The van der Waals surface area contributed by atoms with Crippen molar-refractivity contribution in [1.29, 1.82) is 0 Å². The van der Waals surface area contributed by atoms with E-state index in [1.165, 1.54) is 17.6 Å².